The van der Waals surface area contributed by atoms with E-state index >= 15 is 0 Å². The number of nitrogens with zero attached hydrogens (tertiary/aromatic N) is 3. The lowest BCUT2D eigenvalue weighted by atomic mass is 10.2. The van der Waals surface area contributed by atoms with Gasteiger partial charge in [-0.05, 0) is 31.0 Å². The fourth-order valence-electron chi connectivity index (χ4n) is 1.98. The Morgan fingerprint density at radius 2 is 1.70 bits per heavy atom. The van der Waals surface area contributed by atoms with Crippen LogP contribution in [0.15, 0.2) is 41.4 Å². The van der Waals surface area contributed by atoms with Crippen LogP contribution in [0.2, 0.25) is 0 Å². The van der Waals surface area contributed by atoms with Gasteiger partial charge in [0.1, 0.15) is 11.0 Å². The van der Waals surface area contributed by atoms with Gasteiger partial charge in [0.2, 0.25) is 11.3 Å². The number of rotatable bonds is 2. The second kappa shape index (κ2) is 5.69. The number of fused-ring (bicyclic) bond motifs is 2. The first-order chi connectivity index (χ1) is 9.17. The van der Waals surface area contributed by atoms with Crippen molar-refractivity contribution in [2.45, 2.75) is 0 Å². The number of halogens is 1. The molecule has 0 bridgehead atoms. The molecule has 0 aliphatic rings. The Morgan fingerprint density at radius 3 is 2.35 bits per heavy atom. The SMILES string of the molecule is C=Nc1ccc2nc3ccc(N(C)C)cc3[s+]c2c1.[Cl-]. The summed E-state index contributed by atoms with van der Waals surface area (Å²) in [6.07, 6.45) is 0. The Morgan fingerprint density at radius 1 is 1.05 bits per heavy atom. The van der Waals surface area contributed by atoms with E-state index in [2.05, 4.69) is 39.8 Å². The zero-order chi connectivity index (χ0) is 13.4. The smallest absolute Gasteiger partial charge is 0.259 e. The highest BCUT2D eigenvalue weighted by molar-refractivity contribution is 7.24. The molecular weight excluding hydrogens is 290 g/mol. The maximum atomic E-state index is 4.68. The van der Waals surface area contributed by atoms with Gasteiger partial charge in [-0.1, -0.05) is 0 Å². The van der Waals surface area contributed by atoms with E-state index in [-0.39, 0.29) is 12.4 Å². The van der Waals surface area contributed by atoms with Crippen LogP contribution in [0.25, 0.3) is 20.4 Å². The summed E-state index contributed by atoms with van der Waals surface area (Å²) in [5, 5.41) is 0. The molecule has 0 aliphatic heterocycles. The average Bonchev–Trinajstić information content (AvgIpc) is 2.43. The molecule has 3 aromatic rings. The van der Waals surface area contributed by atoms with Crippen LogP contribution < -0.4 is 17.3 Å². The van der Waals surface area contributed by atoms with E-state index in [0.29, 0.717) is 0 Å². The van der Waals surface area contributed by atoms with Gasteiger partial charge in [-0.2, -0.15) is 0 Å². The van der Waals surface area contributed by atoms with Gasteiger partial charge in [0.25, 0.3) is 9.40 Å². The molecule has 0 unspecified atom stereocenters. The Bertz CT molecular complexity index is 787. The summed E-state index contributed by atoms with van der Waals surface area (Å²) in [6, 6.07) is 12.3. The molecule has 0 radical (unpaired) electrons. The fourth-order valence-corrected chi connectivity index (χ4v) is 3.01. The summed E-state index contributed by atoms with van der Waals surface area (Å²) in [7, 11) is 4.08. The maximum absolute atomic E-state index is 4.68. The first kappa shape index (κ1) is 14.6. The second-order valence-corrected chi connectivity index (χ2v) is 5.65. The molecule has 0 aliphatic carbocycles. The third-order valence-corrected chi connectivity index (χ3v) is 4.14. The maximum Gasteiger partial charge on any atom is 0.259 e. The average molecular weight is 304 g/mol. The quantitative estimate of drug-likeness (QED) is 0.403. The number of anilines is 1. The van der Waals surface area contributed by atoms with E-state index in [9.17, 15) is 0 Å². The van der Waals surface area contributed by atoms with Crippen molar-refractivity contribution in [1.29, 1.82) is 0 Å². The lowest BCUT2D eigenvalue weighted by Crippen LogP contribution is -3.00. The van der Waals surface area contributed by atoms with Gasteiger partial charge in [0.05, 0.1) is 5.69 Å². The number of hydrogen-bond acceptors (Lipinski definition) is 3. The molecule has 1 aromatic heterocycles. The molecular formula is C15H14ClN3S. The van der Waals surface area contributed by atoms with Crippen molar-refractivity contribution in [2.24, 2.45) is 4.99 Å². The number of aromatic nitrogens is 1. The third-order valence-electron chi connectivity index (χ3n) is 3.05. The molecule has 3 rings (SSSR count). The lowest BCUT2D eigenvalue weighted by Gasteiger charge is -2.10. The van der Waals surface area contributed by atoms with E-state index in [1.165, 1.54) is 10.4 Å². The van der Waals surface area contributed by atoms with Crippen LogP contribution in [0, 0.1) is 0 Å². The molecule has 0 atom stereocenters. The molecule has 20 heavy (non-hydrogen) atoms. The molecule has 102 valence electrons. The van der Waals surface area contributed by atoms with Crippen molar-refractivity contribution < 1.29 is 12.4 Å². The van der Waals surface area contributed by atoms with Crippen LogP contribution in [-0.4, -0.2) is 25.8 Å². The zero-order valence-corrected chi connectivity index (χ0v) is 12.9. The fraction of sp³-hybridized carbons (Fsp3) is 0.133. The number of hydrogen-bond donors (Lipinski definition) is 0. The van der Waals surface area contributed by atoms with Crippen LogP contribution in [0.3, 0.4) is 0 Å². The molecule has 0 N–H and O–H groups in total. The highest BCUT2D eigenvalue weighted by Crippen LogP contribution is 2.30. The highest BCUT2D eigenvalue weighted by Gasteiger charge is 2.14. The third kappa shape index (κ3) is 2.57. The standard InChI is InChI=1S/C15H14N3S.ClH/c1-16-10-4-6-12-14(8-10)19-15-9-11(18(2)3)5-7-13(15)17-12;/h4-9H,1H2,2-3H3;1H/q+1;/p-1. The molecule has 0 fully saturated rings. The van der Waals surface area contributed by atoms with Crippen LogP contribution in [0.5, 0.6) is 0 Å². The lowest BCUT2D eigenvalue weighted by molar-refractivity contribution is -0.00000376. The first-order valence-electron chi connectivity index (χ1n) is 5.99. The summed E-state index contributed by atoms with van der Waals surface area (Å²) in [4.78, 5) is 10.7. The summed E-state index contributed by atoms with van der Waals surface area (Å²) in [5.41, 5.74) is 4.10. The number of aliphatic imine (C=N–C) groups is 1. The molecule has 5 heteroatoms. The van der Waals surface area contributed by atoms with E-state index in [1.54, 1.807) is 11.3 Å². The van der Waals surface area contributed by atoms with Crippen LogP contribution in [0.4, 0.5) is 11.4 Å². The summed E-state index contributed by atoms with van der Waals surface area (Å²) in [5.74, 6) is 0. The minimum absolute atomic E-state index is 0. The largest absolute Gasteiger partial charge is 1.00 e. The molecule has 0 spiro atoms. The molecule has 0 saturated carbocycles. The van der Waals surface area contributed by atoms with Gasteiger partial charge in [0, 0.05) is 31.9 Å². The Labute approximate surface area is 128 Å². The molecule has 0 saturated heterocycles. The van der Waals surface area contributed by atoms with Gasteiger partial charge in [0.15, 0.2) is 0 Å². The van der Waals surface area contributed by atoms with E-state index in [4.69, 9.17) is 0 Å². The van der Waals surface area contributed by atoms with Gasteiger partial charge in [-0.15, -0.1) is 0 Å². The first-order valence-corrected chi connectivity index (χ1v) is 6.81. The predicted molar refractivity (Wildman–Crippen MR) is 85.1 cm³/mol. The van der Waals surface area contributed by atoms with Gasteiger partial charge < -0.3 is 17.3 Å². The van der Waals surface area contributed by atoms with Crippen LogP contribution in [0.1, 0.15) is 0 Å². The van der Waals surface area contributed by atoms with Crippen molar-refractivity contribution in [2.75, 3.05) is 19.0 Å². The van der Waals surface area contributed by atoms with E-state index in [1.807, 2.05) is 32.3 Å². The predicted octanol–water partition coefficient (Wildman–Crippen LogP) is 1.13. The number of benzene rings is 2. The minimum atomic E-state index is 0. The highest BCUT2D eigenvalue weighted by atomic mass is 35.5. The monoisotopic (exact) mass is 303 g/mol. The zero-order valence-electron chi connectivity index (χ0n) is 11.3. The molecule has 1 heterocycles. The van der Waals surface area contributed by atoms with Gasteiger partial charge >= 0.3 is 0 Å². The Kier molecular flexibility index (Phi) is 4.16. The Hall–Kier alpha value is -1.78. The van der Waals surface area contributed by atoms with Crippen molar-refractivity contribution in [1.82, 2.24) is 4.98 Å². The van der Waals surface area contributed by atoms with Crippen molar-refractivity contribution >= 4 is 49.9 Å². The normalized spacial score (nSPS) is 10.3. The van der Waals surface area contributed by atoms with Crippen molar-refractivity contribution in [3.8, 4) is 0 Å². The van der Waals surface area contributed by atoms with Crippen molar-refractivity contribution in [3.05, 3.63) is 36.4 Å². The summed E-state index contributed by atoms with van der Waals surface area (Å²) in [6.45, 7) is 3.56. The second-order valence-electron chi connectivity index (χ2n) is 4.57. The summed E-state index contributed by atoms with van der Waals surface area (Å²) >= 11 is 1.74. The van der Waals surface area contributed by atoms with Crippen LogP contribution >= 0.6 is 11.3 Å². The van der Waals surface area contributed by atoms with E-state index in [0.717, 1.165) is 21.4 Å². The van der Waals surface area contributed by atoms with E-state index < -0.39 is 0 Å². The molecule has 0 amide bonds. The topological polar surface area (TPSA) is 28.5 Å². The van der Waals surface area contributed by atoms with Crippen molar-refractivity contribution in [3.63, 3.8) is 0 Å². The summed E-state index contributed by atoms with van der Waals surface area (Å²) < 4.78 is 2.31. The molecule has 3 nitrogen and oxygen atoms in total. The minimum Gasteiger partial charge on any atom is -1.00 e. The van der Waals surface area contributed by atoms with Crippen LogP contribution in [-0.2, 0) is 0 Å². The molecule has 2 aromatic carbocycles. The van der Waals surface area contributed by atoms with Gasteiger partial charge in [-0.25, -0.2) is 4.98 Å². The van der Waals surface area contributed by atoms with Gasteiger partial charge in [-0.3, -0.25) is 4.99 Å². The Balaban J connectivity index is 0.00000147.